The molecular formula is C11H14N4S. The molecular weight excluding hydrogens is 220 g/mol. The van der Waals surface area contributed by atoms with Crippen LogP contribution in [0.3, 0.4) is 0 Å². The summed E-state index contributed by atoms with van der Waals surface area (Å²) in [6.45, 7) is 1.98. The first-order chi connectivity index (χ1) is 7.83. The van der Waals surface area contributed by atoms with Crippen molar-refractivity contribution >= 4 is 26.8 Å². The molecule has 1 unspecified atom stereocenters. The zero-order chi connectivity index (χ0) is 11.0. The van der Waals surface area contributed by atoms with Crippen molar-refractivity contribution in [2.75, 3.05) is 18.0 Å². The molecule has 2 aromatic heterocycles. The van der Waals surface area contributed by atoms with E-state index >= 15 is 0 Å². The minimum absolute atomic E-state index is 0.286. The summed E-state index contributed by atoms with van der Waals surface area (Å²) in [5, 5.41) is 1.06. The van der Waals surface area contributed by atoms with Gasteiger partial charge in [-0.15, -0.1) is 0 Å². The predicted octanol–water partition coefficient (Wildman–Crippen LogP) is 1.62. The Morgan fingerprint density at radius 3 is 3.25 bits per heavy atom. The van der Waals surface area contributed by atoms with Crippen molar-refractivity contribution in [3.05, 3.63) is 18.3 Å². The SMILES string of the molecule is NC1CCCN(c2nc3cccnc3s2)C1. The Kier molecular flexibility index (Phi) is 2.49. The highest BCUT2D eigenvalue weighted by atomic mass is 32.1. The zero-order valence-electron chi connectivity index (χ0n) is 8.97. The van der Waals surface area contributed by atoms with Gasteiger partial charge < -0.3 is 10.6 Å². The lowest BCUT2D eigenvalue weighted by atomic mass is 10.1. The van der Waals surface area contributed by atoms with Crippen LogP contribution >= 0.6 is 11.3 Å². The molecule has 3 heterocycles. The number of piperidine rings is 1. The molecule has 0 amide bonds. The number of fused-ring (bicyclic) bond motifs is 1. The van der Waals surface area contributed by atoms with E-state index in [4.69, 9.17) is 5.73 Å². The molecule has 4 nitrogen and oxygen atoms in total. The van der Waals surface area contributed by atoms with Crippen molar-refractivity contribution in [3.63, 3.8) is 0 Å². The second kappa shape index (κ2) is 3.99. The molecule has 0 saturated carbocycles. The van der Waals surface area contributed by atoms with Crippen LogP contribution in [0.4, 0.5) is 5.13 Å². The number of pyridine rings is 1. The fourth-order valence-corrected chi connectivity index (χ4v) is 3.02. The number of aromatic nitrogens is 2. The third-order valence-electron chi connectivity index (χ3n) is 2.88. The molecule has 1 aliphatic heterocycles. The van der Waals surface area contributed by atoms with E-state index in [1.807, 2.05) is 18.3 Å². The number of nitrogens with zero attached hydrogens (tertiary/aromatic N) is 3. The number of rotatable bonds is 1. The van der Waals surface area contributed by atoms with Crippen LogP contribution < -0.4 is 10.6 Å². The lowest BCUT2D eigenvalue weighted by Crippen LogP contribution is -2.42. The largest absolute Gasteiger partial charge is 0.346 e. The minimum atomic E-state index is 0.286. The van der Waals surface area contributed by atoms with Gasteiger partial charge >= 0.3 is 0 Å². The van der Waals surface area contributed by atoms with Crippen molar-refractivity contribution in [1.82, 2.24) is 9.97 Å². The van der Waals surface area contributed by atoms with Crippen molar-refractivity contribution < 1.29 is 0 Å². The van der Waals surface area contributed by atoms with Crippen molar-refractivity contribution in [2.45, 2.75) is 18.9 Å². The fourth-order valence-electron chi connectivity index (χ4n) is 2.08. The van der Waals surface area contributed by atoms with Crippen LogP contribution in [0.15, 0.2) is 18.3 Å². The number of anilines is 1. The van der Waals surface area contributed by atoms with Crippen LogP contribution in [0.2, 0.25) is 0 Å². The molecule has 16 heavy (non-hydrogen) atoms. The van der Waals surface area contributed by atoms with Gasteiger partial charge in [-0.25, -0.2) is 9.97 Å². The van der Waals surface area contributed by atoms with Gasteiger partial charge in [0.25, 0.3) is 0 Å². The molecule has 5 heteroatoms. The first-order valence-electron chi connectivity index (χ1n) is 5.55. The Morgan fingerprint density at radius 1 is 1.50 bits per heavy atom. The molecule has 1 aliphatic rings. The van der Waals surface area contributed by atoms with Crippen LogP contribution in [0.1, 0.15) is 12.8 Å². The Bertz CT molecular complexity index is 462. The van der Waals surface area contributed by atoms with Gasteiger partial charge in [-0.05, 0) is 25.0 Å². The second-order valence-corrected chi connectivity index (χ2v) is 5.13. The molecule has 1 saturated heterocycles. The normalized spacial score (nSPS) is 21.6. The third-order valence-corrected chi connectivity index (χ3v) is 3.92. The highest BCUT2D eigenvalue weighted by Gasteiger charge is 2.19. The van der Waals surface area contributed by atoms with Crippen LogP contribution in [0, 0.1) is 0 Å². The van der Waals surface area contributed by atoms with E-state index in [-0.39, 0.29) is 6.04 Å². The molecule has 3 rings (SSSR count). The Labute approximate surface area is 98.1 Å². The summed E-state index contributed by atoms with van der Waals surface area (Å²) in [5.41, 5.74) is 6.96. The van der Waals surface area contributed by atoms with Crippen molar-refractivity contribution in [1.29, 1.82) is 0 Å². The second-order valence-electron chi connectivity index (χ2n) is 4.17. The summed E-state index contributed by atoms with van der Waals surface area (Å²) in [6, 6.07) is 4.22. The molecule has 84 valence electrons. The summed E-state index contributed by atoms with van der Waals surface area (Å²) in [5.74, 6) is 0. The molecule has 0 spiro atoms. The van der Waals surface area contributed by atoms with Gasteiger partial charge in [0.05, 0.1) is 0 Å². The van der Waals surface area contributed by atoms with E-state index in [2.05, 4.69) is 14.9 Å². The van der Waals surface area contributed by atoms with Crippen molar-refractivity contribution in [2.24, 2.45) is 5.73 Å². The molecule has 2 aromatic rings. The van der Waals surface area contributed by atoms with E-state index in [1.165, 1.54) is 0 Å². The van der Waals surface area contributed by atoms with Crippen LogP contribution in [-0.2, 0) is 0 Å². The van der Waals surface area contributed by atoms with Crippen LogP contribution in [-0.4, -0.2) is 29.1 Å². The average Bonchev–Trinajstić information content (AvgIpc) is 2.72. The van der Waals surface area contributed by atoms with Gasteiger partial charge in [-0.2, -0.15) is 0 Å². The maximum Gasteiger partial charge on any atom is 0.188 e. The monoisotopic (exact) mass is 234 g/mol. The summed E-state index contributed by atoms with van der Waals surface area (Å²) < 4.78 is 0. The fraction of sp³-hybridized carbons (Fsp3) is 0.455. The standard InChI is InChI=1S/C11H14N4S/c12-8-3-2-6-15(7-8)11-14-9-4-1-5-13-10(9)16-11/h1,4-5,8H,2-3,6-7,12H2. The minimum Gasteiger partial charge on any atom is -0.346 e. The quantitative estimate of drug-likeness (QED) is 0.814. The Hall–Kier alpha value is -1.20. The van der Waals surface area contributed by atoms with E-state index in [0.717, 1.165) is 41.4 Å². The van der Waals surface area contributed by atoms with Gasteiger partial charge in [-0.1, -0.05) is 11.3 Å². The maximum atomic E-state index is 5.98. The van der Waals surface area contributed by atoms with E-state index in [0.29, 0.717) is 0 Å². The molecule has 0 radical (unpaired) electrons. The van der Waals surface area contributed by atoms with E-state index in [9.17, 15) is 0 Å². The summed E-state index contributed by atoms with van der Waals surface area (Å²) in [6.07, 6.45) is 4.09. The topological polar surface area (TPSA) is 55.0 Å². The third kappa shape index (κ3) is 1.76. The lowest BCUT2D eigenvalue weighted by molar-refractivity contribution is 0.506. The maximum absolute atomic E-state index is 5.98. The van der Waals surface area contributed by atoms with E-state index in [1.54, 1.807) is 11.3 Å². The van der Waals surface area contributed by atoms with Gasteiger partial charge in [0, 0.05) is 25.3 Å². The molecule has 0 aromatic carbocycles. The number of hydrogen-bond acceptors (Lipinski definition) is 5. The van der Waals surface area contributed by atoms with Gasteiger partial charge in [0.1, 0.15) is 10.3 Å². The summed E-state index contributed by atoms with van der Waals surface area (Å²) in [7, 11) is 0. The molecule has 2 N–H and O–H groups in total. The number of nitrogens with two attached hydrogens (primary N) is 1. The predicted molar refractivity (Wildman–Crippen MR) is 66.8 cm³/mol. The number of hydrogen-bond donors (Lipinski definition) is 1. The first-order valence-corrected chi connectivity index (χ1v) is 6.36. The zero-order valence-corrected chi connectivity index (χ0v) is 9.78. The Morgan fingerprint density at radius 2 is 2.44 bits per heavy atom. The molecule has 0 bridgehead atoms. The van der Waals surface area contributed by atoms with Crippen LogP contribution in [0.25, 0.3) is 10.3 Å². The van der Waals surface area contributed by atoms with Gasteiger partial charge in [0.15, 0.2) is 5.13 Å². The van der Waals surface area contributed by atoms with Crippen LogP contribution in [0.5, 0.6) is 0 Å². The smallest absolute Gasteiger partial charge is 0.188 e. The Balaban J connectivity index is 1.93. The summed E-state index contributed by atoms with van der Waals surface area (Å²) >= 11 is 1.65. The van der Waals surface area contributed by atoms with Crippen molar-refractivity contribution in [3.8, 4) is 0 Å². The average molecular weight is 234 g/mol. The van der Waals surface area contributed by atoms with Gasteiger partial charge in [-0.3, -0.25) is 0 Å². The molecule has 1 atom stereocenters. The molecule has 1 fully saturated rings. The summed E-state index contributed by atoms with van der Waals surface area (Å²) in [4.78, 5) is 12.2. The lowest BCUT2D eigenvalue weighted by Gasteiger charge is -2.30. The molecule has 0 aliphatic carbocycles. The van der Waals surface area contributed by atoms with Gasteiger partial charge in [0.2, 0.25) is 0 Å². The van der Waals surface area contributed by atoms with E-state index < -0.39 is 0 Å². The highest BCUT2D eigenvalue weighted by molar-refractivity contribution is 7.21. The highest BCUT2D eigenvalue weighted by Crippen LogP contribution is 2.28. The number of thiazole rings is 1. The first kappa shape index (κ1) is 9.99.